The average Bonchev–Trinajstić information content (AvgIpc) is 2.93. The van der Waals surface area contributed by atoms with Crippen molar-refractivity contribution >= 4 is 28.0 Å². The van der Waals surface area contributed by atoms with Crippen molar-refractivity contribution in [3.63, 3.8) is 0 Å². The molecular weight excluding hydrogens is 258 g/mol. The van der Waals surface area contributed by atoms with E-state index in [1.54, 1.807) is 17.5 Å². The number of rotatable bonds is 3. The summed E-state index contributed by atoms with van der Waals surface area (Å²) in [5.74, 6) is 0.853. The largest absolute Gasteiger partial charge is 0.369 e. The van der Waals surface area contributed by atoms with Gasteiger partial charge in [-0.2, -0.15) is 0 Å². The quantitative estimate of drug-likeness (QED) is 0.928. The predicted octanol–water partition coefficient (Wildman–Crippen LogP) is 2.03. The van der Waals surface area contributed by atoms with Crippen LogP contribution in [0, 0.1) is 0 Å². The van der Waals surface area contributed by atoms with Gasteiger partial charge < -0.3 is 15.1 Å². The number of nitrogens with one attached hydrogen (secondary N) is 1. The lowest BCUT2D eigenvalue weighted by Crippen LogP contribution is -2.44. The van der Waals surface area contributed by atoms with Crippen LogP contribution in [0.2, 0.25) is 0 Å². The van der Waals surface area contributed by atoms with Crippen LogP contribution < -0.4 is 10.2 Å². The second-order valence-corrected chi connectivity index (χ2v) is 5.55. The molecule has 0 saturated carbocycles. The molecule has 100 valence electrons. The maximum absolute atomic E-state index is 4.34. The molecule has 2 aromatic rings. The zero-order valence-corrected chi connectivity index (χ0v) is 11.7. The van der Waals surface area contributed by atoms with E-state index >= 15 is 0 Å². The van der Waals surface area contributed by atoms with E-state index in [1.165, 1.54) is 5.69 Å². The molecule has 0 spiro atoms. The lowest BCUT2D eigenvalue weighted by Gasteiger charge is -2.34. The Morgan fingerprint density at radius 3 is 2.74 bits per heavy atom. The third kappa shape index (κ3) is 3.02. The van der Waals surface area contributed by atoms with Crippen LogP contribution in [0.15, 0.2) is 29.9 Å². The number of anilines is 3. The smallest absolute Gasteiger partial charge is 0.188 e. The Kier molecular flexibility index (Phi) is 3.61. The first kappa shape index (κ1) is 12.4. The van der Waals surface area contributed by atoms with Crippen LogP contribution in [0.4, 0.5) is 16.6 Å². The van der Waals surface area contributed by atoms with E-state index in [9.17, 15) is 0 Å². The van der Waals surface area contributed by atoms with Gasteiger partial charge in [0.2, 0.25) is 0 Å². The van der Waals surface area contributed by atoms with Gasteiger partial charge in [0, 0.05) is 55.7 Å². The molecule has 5 nitrogen and oxygen atoms in total. The summed E-state index contributed by atoms with van der Waals surface area (Å²) in [5.41, 5.74) is 1.22. The van der Waals surface area contributed by atoms with Crippen molar-refractivity contribution in [2.24, 2.45) is 0 Å². The predicted molar refractivity (Wildman–Crippen MR) is 79.3 cm³/mol. The summed E-state index contributed by atoms with van der Waals surface area (Å²) >= 11 is 1.58. The molecule has 0 bridgehead atoms. The van der Waals surface area contributed by atoms with Gasteiger partial charge in [0.1, 0.15) is 5.82 Å². The summed E-state index contributed by atoms with van der Waals surface area (Å²) in [6.07, 6.45) is 3.64. The van der Waals surface area contributed by atoms with E-state index in [-0.39, 0.29) is 0 Å². The maximum atomic E-state index is 4.34. The summed E-state index contributed by atoms with van der Waals surface area (Å²) in [6.45, 7) is 4.35. The normalized spacial score (nSPS) is 16.6. The van der Waals surface area contributed by atoms with E-state index in [2.05, 4.69) is 44.3 Å². The monoisotopic (exact) mass is 275 g/mol. The van der Waals surface area contributed by atoms with Crippen LogP contribution in [-0.2, 0) is 0 Å². The van der Waals surface area contributed by atoms with Crippen molar-refractivity contribution in [2.45, 2.75) is 0 Å². The van der Waals surface area contributed by atoms with Crippen molar-refractivity contribution in [2.75, 3.05) is 43.4 Å². The lowest BCUT2D eigenvalue weighted by atomic mass is 10.2. The zero-order chi connectivity index (χ0) is 13.1. The third-order valence-corrected chi connectivity index (χ3v) is 3.97. The molecule has 1 aliphatic heterocycles. The SMILES string of the molecule is CN1CCN(c2ccnc(Nc3nccs3)c2)CC1. The van der Waals surface area contributed by atoms with Gasteiger partial charge in [-0.25, -0.2) is 9.97 Å². The Balaban J connectivity index is 1.72. The Hall–Kier alpha value is -1.66. The molecule has 0 unspecified atom stereocenters. The first-order chi connectivity index (χ1) is 9.31. The van der Waals surface area contributed by atoms with E-state index in [1.807, 2.05) is 11.6 Å². The van der Waals surface area contributed by atoms with Crippen molar-refractivity contribution < 1.29 is 0 Å². The topological polar surface area (TPSA) is 44.3 Å². The average molecular weight is 275 g/mol. The summed E-state index contributed by atoms with van der Waals surface area (Å²) < 4.78 is 0. The maximum Gasteiger partial charge on any atom is 0.188 e. The molecule has 19 heavy (non-hydrogen) atoms. The van der Waals surface area contributed by atoms with Gasteiger partial charge in [0.15, 0.2) is 5.13 Å². The molecular formula is C13H17N5S. The molecule has 1 aliphatic rings. The number of likely N-dealkylation sites (N-methyl/N-ethyl adjacent to an activating group) is 1. The Labute approximate surface area is 116 Å². The first-order valence-electron chi connectivity index (χ1n) is 6.37. The zero-order valence-electron chi connectivity index (χ0n) is 10.9. The van der Waals surface area contributed by atoms with Crippen LogP contribution in [0.5, 0.6) is 0 Å². The molecule has 0 atom stereocenters. The minimum Gasteiger partial charge on any atom is -0.369 e. The van der Waals surface area contributed by atoms with Gasteiger partial charge >= 0.3 is 0 Å². The molecule has 3 heterocycles. The molecule has 0 amide bonds. The second-order valence-electron chi connectivity index (χ2n) is 4.65. The van der Waals surface area contributed by atoms with Gasteiger partial charge in [-0.15, -0.1) is 11.3 Å². The summed E-state index contributed by atoms with van der Waals surface area (Å²) in [6, 6.07) is 4.16. The highest BCUT2D eigenvalue weighted by atomic mass is 32.1. The van der Waals surface area contributed by atoms with Crippen molar-refractivity contribution in [1.29, 1.82) is 0 Å². The molecule has 3 rings (SSSR count). The molecule has 0 radical (unpaired) electrons. The minimum atomic E-state index is 0.853. The summed E-state index contributed by atoms with van der Waals surface area (Å²) in [5, 5.41) is 6.06. The molecule has 2 aromatic heterocycles. The Morgan fingerprint density at radius 2 is 2.00 bits per heavy atom. The van der Waals surface area contributed by atoms with Crippen molar-refractivity contribution in [3.8, 4) is 0 Å². The van der Waals surface area contributed by atoms with E-state index in [0.29, 0.717) is 0 Å². The van der Waals surface area contributed by atoms with E-state index in [0.717, 1.165) is 37.1 Å². The van der Waals surface area contributed by atoms with Crippen LogP contribution in [-0.4, -0.2) is 48.1 Å². The van der Waals surface area contributed by atoms with Crippen LogP contribution >= 0.6 is 11.3 Å². The standard InChI is InChI=1S/C13H17N5S/c1-17-5-7-18(8-6-17)11-2-3-14-12(10-11)16-13-15-4-9-19-13/h2-4,9-10H,5-8H2,1H3,(H,14,15,16). The van der Waals surface area contributed by atoms with E-state index < -0.39 is 0 Å². The van der Waals surface area contributed by atoms with Crippen LogP contribution in [0.25, 0.3) is 0 Å². The van der Waals surface area contributed by atoms with Gasteiger partial charge in [-0.3, -0.25) is 0 Å². The van der Waals surface area contributed by atoms with Gasteiger partial charge in [-0.1, -0.05) is 0 Å². The van der Waals surface area contributed by atoms with Gasteiger partial charge in [0.25, 0.3) is 0 Å². The number of hydrogen-bond donors (Lipinski definition) is 1. The fourth-order valence-electron chi connectivity index (χ4n) is 2.14. The highest BCUT2D eigenvalue weighted by Crippen LogP contribution is 2.22. The molecule has 6 heteroatoms. The number of piperazine rings is 1. The molecule has 1 saturated heterocycles. The molecule has 0 aliphatic carbocycles. The van der Waals surface area contributed by atoms with Crippen LogP contribution in [0.1, 0.15) is 0 Å². The number of pyridine rings is 1. The third-order valence-electron chi connectivity index (χ3n) is 3.28. The lowest BCUT2D eigenvalue weighted by molar-refractivity contribution is 0.313. The number of aromatic nitrogens is 2. The second kappa shape index (κ2) is 5.54. The first-order valence-corrected chi connectivity index (χ1v) is 7.25. The van der Waals surface area contributed by atoms with Crippen molar-refractivity contribution in [3.05, 3.63) is 29.9 Å². The van der Waals surface area contributed by atoms with E-state index in [4.69, 9.17) is 0 Å². The summed E-state index contributed by atoms with van der Waals surface area (Å²) in [4.78, 5) is 13.3. The molecule has 1 N–H and O–H groups in total. The fraction of sp³-hybridized carbons (Fsp3) is 0.385. The highest BCUT2D eigenvalue weighted by Gasteiger charge is 2.14. The Bertz CT molecular complexity index is 520. The van der Waals surface area contributed by atoms with Gasteiger partial charge in [0.05, 0.1) is 0 Å². The molecule has 0 aromatic carbocycles. The number of thiazole rings is 1. The van der Waals surface area contributed by atoms with Gasteiger partial charge in [-0.05, 0) is 13.1 Å². The fourth-order valence-corrected chi connectivity index (χ4v) is 2.68. The highest BCUT2D eigenvalue weighted by molar-refractivity contribution is 7.13. The number of hydrogen-bond acceptors (Lipinski definition) is 6. The summed E-state index contributed by atoms with van der Waals surface area (Å²) in [7, 11) is 2.17. The number of nitrogens with zero attached hydrogens (tertiary/aromatic N) is 4. The molecule has 1 fully saturated rings. The van der Waals surface area contributed by atoms with Crippen LogP contribution in [0.3, 0.4) is 0 Å². The minimum absolute atomic E-state index is 0.853. The van der Waals surface area contributed by atoms with Crippen molar-refractivity contribution in [1.82, 2.24) is 14.9 Å². The Morgan fingerprint density at radius 1 is 1.16 bits per heavy atom.